The molecule has 0 amide bonds. The highest BCUT2D eigenvalue weighted by Crippen LogP contribution is 2.38. The summed E-state index contributed by atoms with van der Waals surface area (Å²) in [7, 11) is 0. The molecule has 5 atom stereocenters. The molecule has 4 aliphatic rings. The molecule has 0 aromatic heterocycles. The van der Waals surface area contributed by atoms with Crippen molar-refractivity contribution in [3.8, 4) is 0 Å². The van der Waals surface area contributed by atoms with Gasteiger partial charge in [-0.05, 0) is 0 Å². The number of piperazine rings is 3. The lowest BCUT2D eigenvalue weighted by Crippen LogP contribution is -2.80. The lowest BCUT2D eigenvalue weighted by atomic mass is 9.95. The Morgan fingerprint density at radius 2 is 1.47 bits per heavy atom. The Labute approximate surface area is 180 Å². The molecule has 2 bridgehead atoms. The largest absolute Gasteiger partial charge is 0.463 e. The molecule has 4 rings (SSSR count). The van der Waals surface area contributed by atoms with Gasteiger partial charge < -0.3 is 18.9 Å². The van der Waals surface area contributed by atoms with E-state index in [9.17, 15) is 14.4 Å². The second kappa shape index (κ2) is 8.94. The fourth-order valence-electron chi connectivity index (χ4n) is 4.78. The molecule has 4 fully saturated rings. The van der Waals surface area contributed by atoms with Crippen molar-refractivity contribution in [3.05, 3.63) is 0 Å². The number of alkyl halides is 2. The first-order chi connectivity index (χ1) is 14.1. The van der Waals surface area contributed by atoms with Crippen molar-refractivity contribution in [2.75, 3.05) is 51.9 Å². The van der Waals surface area contributed by atoms with Gasteiger partial charge >= 0.3 is 17.9 Å². The molecule has 0 aromatic rings. The Hall–Kier alpha value is -1.49. The zero-order valence-corrected chi connectivity index (χ0v) is 18.3. The predicted molar refractivity (Wildman–Crippen MR) is 102 cm³/mol. The molecular weight excluding hydrogens is 423 g/mol. The quantitative estimate of drug-likeness (QED) is 0.189. The molecule has 0 aromatic carbocycles. The number of esters is 3. The Bertz CT molecular complexity index is 669. The minimum atomic E-state index is -1.71. The number of fused-ring (bicyclic) bond motifs is 3. The number of quaternary nitrogens is 2. The molecule has 0 aliphatic carbocycles. The first-order valence-corrected chi connectivity index (χ1v) is 10.7. The SMILES string of the molecule is CC(=O)OC[C@H]1O[C@H]([N+]23CC[N+](CCl)(CC2)CC3)[C@H](F)[C@@H](OC(C)=O)[C@H]1OC(C)=O. The predicted octanol–water partition coefficient (Wildman–Crippen LogP) is 0.333. The van der Waals surface area contributed by atoms with E-state index in [4.69, 9.17) is 30.5 Å². The smallest absolute Gasteiger partial charge is 0.303 e. The average molecular weight is 453 g/mol. The highest BCUT2D eigenvalue weighted by Gasteiger charge is 2.62. The molecule has 9 nitrogen and oxygen atoms in total. The van der Waals surface area contributed by atoms with Crippen LogP contribution in [0.15, 0.2) is 0 Å². The lowest BCUT2D eigenvalue weighted by Gasteiger charge is -2.59. The first kappa shape index (κ1) is 23.2. The maximum absolute atomic E-state index is 15.8. The van der Waals surface area contributed by atoms with Gasteiger partial charge in [-0.2, -0.15) is 0 Å². The minimum Gasteiger partial charge on any atom is -0.463 e. The monoisotopic (exact) mass is 452 g/mol. The Morgan fingerprint density at radius 3 is 1.93 bits per heavy atom. The lowest BCUT2D eigenvalue weighted by molar-refractivity contribution is -1.10. The first-order valence-electron chi connectivity index (χ1n) is 10.2. The zero-order chi connectivity index (χ0) is 22.1. The highest BCUT2D eigenvalue weighted by molar-refractivity contribution is 6.17. The van der Waals surface area contributed by atoms with Gasteiger partial charge in [0.1, 0.15) is 52.0 Å². The minimum absolute atomic E-state index is 0.240. The van der Waals surface area contributed by atoms with Crippen LogP contribution in [0.3, 0.4) is 0 Å². The Morgan fingerprint density at radius 1 is 0.933 bits per heavy atom. The number of halogens is 2. The number of carbonyl (C=O) groups excluding carboxylic acids is 3. The van der Waals surface area contributed by atoms with Gasteiger partial charge in [-0.15, -0.1) is 0 Å². The summed E-state index contributed by atoms with van der Waals surface area (Å²) in [5.41, 5.74) is 0. The molecule has 0 spiro atoms. The fourth-order valence-corrected chi connectivity index (χ4v) is 5.13. The van der Waals surface area contributed by atoms with Crippen LogP contribution in [0.2, 0.25) is 0 Å². The van der Waals surface area contributed by atoms with Gasteiger partial charge in [0.25, 0.3) is 0 Å². The van der Waals surface area contributed by atoms with Crippen LogP contribution < -0.4 is 0 Å². The molecule has 4 aliphatic heterocycles. The molecule has 4 saturated heterocycles. The second-order valence-electron chi connectivity index (χ2n) is 8.48. The summed E-state index contributed by atoms with van der Waals surface area (Å²) in [4.78, 5) is 34.7. The standard InChI is InChI=1S/C19H30ClFN2O7/c1-12(24)27-10-15-17(28-13(2)25)18(29-14(3)26)16(21)19(30-15)23-7-4-22(11-20,5-8-23)6-9-23/h15-19H,4-11H2,1-3H3/q+2/t15-,16-,17+,18-,19+,22?,23?/m1/s1. The van der Waals surface area contributed by atoms with Crippen LogP contribution in [-0.2, 0) is 33.3 Å². The molecule has 0 unspecified atom stereocenters. The summed E-state index contributed by atoms with van der Waals surface area (Å²) < 4.78 is 38.7. The van der Waals surface area contributed by atoms with Crippen molar-refractivity contribution in [2.24, 2.45) is 0 Å². The molecule has 30 heavy (non-hydrogen) atoms. The molecule has 0 radical (unpaired) electrons. The van der Waals surface area contributed by atoms with Gasteiger partial charge in [-0.25, -0.2) is 4.39 Å². The van der Waals surface area contributed by atoms with Crippen molar-refractivity contribution in [3.63, 3.8) is 0 Å². The van der Waals surface area contributed by atoms with Gasteiger partial charge in [0.05, 0.1) is 0 Å². The summed E-state index contributed by atoms with van der Waals surface area (Å²) in [6.07, 6.45) is -6.17. The van der Waals surface area contributed by atoms with Crippen LogP contribution in [0.1, 0.15) is 20.8 Å². The van der Waals surface area contributed by atoms with Crippen LogP contribution in [-0.4, -0.2) is 109 Å². The topological polar surface area (TPSA) is 88.1 Å². The van der Waals surface area contributed by atoms with E-state index in [0.29, 0.717) is 30.1 Å². The van der Waals surface area contributed by atoms with Crippen molar-refractivity contribution >= 4 is 29.5 Å². The summed E-state index contributed by atoms with van der Waals surface area (Å²) >= 11 is 6.17. The third-order valence-electron chi connectivity index (χ3n) is 6.50. The van der Waals surface area contributed by atoms with E-state index in [1.54, 1.807) is 0 Å². The maximum atomic E-state index is 15.8. The van der Waals surface area contributed by atoms with Gasteiger partial charge in [-0.3, -0.25) is 23.3 Å². The number of nitrogens with zero attached hydrogens (tertiary/aromatic N) is 2. The van der Waals surface area contributed by atoms with E-state index in [0.717, 1.165) is 24.1 Å². The van der Waals surface area contributed by atoms with Crippen molar-refractivity contribution in [1.29, 1.82) is 0 Å². The Kier molecular flexibility index (Phi) is 6.91. The van der Waals surface area contributed by atoms with Gasteiger partial charge in [0, 0.05) is 20.8 Å². The molecule has 4 heterocycles. The third kappa shape index (κ3) is 4.56. The van der Waals surface area contributed by atoms with Crippen molar-refractivity contribution < 1.29 is 46.7 Å². The summed E-state index contributed by atoms with van der Waals surface area (Å²) in [5, 5.41) is 0. The zero-order valence-electron chi connectivity index (χ0n) is 17.6. The third-order valence-corrected chi connectivity index (χ3v) is 7.01. The van der Waals surface area contributed by atoms with Crippen LogP contribution in [0, 0.1) is 0 Å². The van der Waals surface area contributed by atoms with Crippen LogP contribution in [0.5, 0.6) is 0 Å². The van der Waals surface area contributed by atoms with E-state index in [-0.39, 0.29) is 6.61 Å². The maximum Gasteiger partial charge on any atom is 0.303 e. The molecule has 0 saturated carbocycles. The number of hydrogen-bond donors (Lipinski definition) is 0. The summed E-state index contributed by atoms with van der Waals surface area (Å²) in [6, 6.07) is 0.518. The van der Waals surface area contributed by atoms with Crippen molar-refractivity contribution in [1.82, 2.24) is 0 Å². The Balaban J connectivity index is 1.89. The van der Waals surface area contributed by atoms with Crippen LogP contribution in [0.25, 0.3) is 0 Å². The number of hydrogen-bond acceptors (Lipinski definition) is 7. The van der Waals surface area contributed by atoms with Gasteiger partial charge in [0.15, 0.2) is 18.2 Å². The molecule has 170 valence electrons. The van der Waals surface area contributed by atoms with E-state index < -0.39 is 48.6 Å². The van der Waals surface area contributed by atoms with Crippen molar-refractivity contribution in [2.45, 2.75) is 51.5 Å². The van der Waals surface area contributed by atoms with E-state index >= 15 is 4.39 Å². The summed E-state index contributed by atoms with van der Waals surface area (Å²) in [5.74, 6) is -1.91. The van der Waals surface area contributed by atoms with E-state index in [1.165, 1.54) is 20.8 Å². The van der Waals surface area contributed by atoms with Crippen LogP contribution in [0.4, 0.5) is 4.39 Å². The second-order valence-corrected chi connectivity index (χ2v) is 8.72. The van der Waals surface area contributed by atoms with E-state index in [2.05, 4.69) is 0 Å². The summed E-state index contributed by atoms with van der Waals surface area (Å²) in [6.45, 7) is 7.76. The number of carbonyl (C=O) groups is 3. The van der Waals surface area contributed by atoms with Gasteiger partial charge in [-0.1, -0.05) is 11.6 Å². The molecule has 11 heteroatoms. The molecule has 0 N–H and O–H groups in total. The fraction of sp³-hybridized carbons (Fsp3) is 0.842. The van der Waals surface area contributed by atoms with Gasteiger partial charge in [0.2, 0.25) is 12.4 Å². The molecular formula is C19H30ClFN2O7+2. The van der Waals surface area contributed by atoms with Crippen LogP contribution >= 0.6 is 11.6 Å². The highest BCUT2D eigenvalue weighted by atomic mass is 35.5. The average Bonchev–Trinajstić information content (AvgIpc) is 2.70. The number of ether oxygens (including phenoxy) is 4. The number of rotatable bonds is 6. The van der Waals surface area contributed by atoms with E-state index in [1.807, 2.05) is 0 Å². The normalized spacial score (nSPS) is 40.5.